The van der Waals surface area contributed by atoms with Gasteiger partial charge in [-0.1, -0.05) is 41.9 Å². The molecule has 0 aliphatic carbocycles. The van der Waals surface area contributed by atoms with Crippen LogP contribution >= 0.6 is 11.6 Å². The number of methoxy groups -OCH3 is 2. The summed E-state index contributed by atoms with van der Waals surface area (Å²) >= 11 is 6.24. The summed E-state index contributed by atoms with van der Waals surface area (Å²) in [5.41, 5.74) is 4.38. The summed E-state index contributed by atoms with van der Waals surface area (Å²) in [5, 5.41) is 6.88. The summed E-state index contributed by atoms with van der Waals surface area (Å²) in [5.74, 6) is 0.366. The number of rotatable bonds is 10. The van der Waals surface area contributed by atoms with Gasteiger partial charge in [0.15, 0.2) is 11.5 Å². The SMILES string of the molecule is COc1cc(Cl)c(/C=N\NC(=O)[C@H](Cc2cnc[nH]2)NC(=O)OCc2ccccc2)cc1OC. The van der Waals surface area contributed by atoms with Crippen molar-refractivity contribution in [2.75, 3.05) is 14.2 Å². The van der Waals surface area contributed by atoms with Crippen molar-refractivity contribution < 1.29 is 23.8 Å². The molecule has 3 rings (SSSR count). The van der Waals surface area contributed by atoms with Gasteiger partial charge in [0, 0.05) is 29.9 Å². The number of amides is 2. The van der Waals surface area contributed by atoms with Crippen LogP contribution in [0.1, 0.15) is 16.8 Å². The molecule has 0 fully saturated rings. The molecule has 0 aliphatic heterocycles. The second kappa shape index (κ2) is 12.3. The number of imidazole rings is 1. The van der Waals surface area contributed by atoms with Crippen molar-refractivity contribution in [3.8, 4) is 11.5 Å². The van der Waals surface area contributed by atoms with E-state index in [2.05, 4.69) is 25.8 Å². The number of ether oxygens (including phenoxy) is 3. The normalized spacial score (nSPS) is 11.6. The standard InChI is InChI=1S/C23H24ClN5O5/c1-32-20-8-16(18(24)10-21(20)33-2)11-27-29-22(30)19(9-17-12-25-14-26-17)28-23(31)34-13-15-6-4-3-5-7-15/h3-8,10-12,14,19H,9,13H2,1-2H3,(H,25,26)(H,28,31)(H,29,30)/b27-11-/t19-/m0/s1. The lowest BCUT2D eigenvalue weighted by Crippen LogP contribution is -2.47. The first-order valence-electron chi connectivity index (χ1n) is 10.2. The van der Waals surface area contributed by atoms with E-state index in [1.807, 2.05) is 30.3 Å². The molecule has 3 aromatic rings. The van der Waals surface area contributed by atoms with Gasteiger partial charge in [-0.05, 0) is 11.6 Å². The lowest BCUT2D eigenvalue weighted by molar-refractivity contribution is -0.123. The molecule has 3 N–H and O–H groups in total. The molecule has 1 aromatic heterocycles. The van der Waals surface area contributed by atoms with Crippen LogP contribution in [0, 0.1) is 0 Å². The second-order valence-corrected chi connectivity index (χ2v) is 7.41. The summed E-state index contributed by atoms with van der Waals surface area (Å²) < 4.78 is 15.7. The van der Waals surface area contributed by atoms with E-state index in [9.17, 15) is 9.59 Å². The van der Waals surface area contributed by atoms with Gasteiger partial charge in [-0.25, -0.2) is 15.2 Å². The summed E-state index contributed by atoms with van der Waals surface area (Å²) in [6, 6.07) is 11.4. The molecular weight excluding hydrogens is 462 g/mol. The first kappa shape index (κ1) is 24.6. The van der Waals surface area contributed by atoms with Gasteiger partial charge >= 0.3 is 6.09 Å². The Kier molecular flexibility index (Phi) is 8.87. The molecule has 34 heavy (non-hydrogen) atoms. The number of nitrogens with one attached hydrogen (secondary N) is 3. The van der Waals surface area contributed by atoms with E-state index >= 15 is 0 Å². The van der Waals surface area contributed by atoms with Crippen LogP contribution in [-0.2, 0) is 22.6 Å². The van der Waals surface area contributed by atoms with Gasteiger partial charge in [0.05, 0.1) is 31.8 Å². The summed E-state index contributed by atoms with van der Waals surface area (Å²) in [4.78, 5) is 31.9. The quantitative estimate of drug-likeness (QED) is 0.299. The Morgan fingerprint density at radius 1 is 1.18 bits per heavy atom. The molecule has 0 bridgehead atoms. The minimum Gasteiger partial charge on any atom is -0.493 e. The van der Waals surface area contributed by atoms with Gasteiger partial charge in [-0.3, -0.25) is 4.79 Å². The van der Waals surface area contributed by atoms with Gasteiger partial charge in [-0.2, -0.15) is 5.10 Å². The topological polar surface area (TPSA) is 127 Å². The molecule has 0 aliphatic rings. The van der Waals surface area contributed by atoms with E-state index in [4.69, 9.17) is 25.8 Å². The number of hydrazone groups is 1. The van der Waals surface area contributed by atoms with Crippen molar-refractivity contribution in [3.05, 3.63) is 76.8 Å². The first-order chi connectivity index (χ1) is 16.5. The van der Waals surface area contributed by atoms with E-state index in [1.165, 1.54) is 26.8 Å². The average molecular weight is 486 g/mol. The fraction of sp³-hybridized carbons (Fsp3) is 0.217. The third-order valence-electron chi connectivity index (χ3n) is 4.68. The van der Waals surface area contributed by atoms with Crippen LogP contribution in [0.15, 0.2) is 60.1 Å². The minimum atomic E-state index is -0.971. The van der Waals surface area contributed by atoms with Crippen molar-refractivity contribution in [3.63, 3.8) is 0 Å². The molecular formula is C23H24ClN5O5. The number of alkyl carbamates (subject to hydrolysis) is 1. The number of hydrogen-bond acceptors (Lipinski definition) is 7. The third kappa shape index (κ3) is 6.97. The van der Waals surface area contributed by atoms with Crippen LogP contribution in [-0.4, -0.2) is 48.4 Å². The number of nitrogens with zero attached hydrogens (tertiary/aromatic N) is 2. The van der Waals surface area contributed by atoms with E-state index in [0.717, 1.165) is 5.56 Å². The number of benzene rings is 2. The van der Waals surface area contributed by atoms with Gasteiger partial charge in [-0.15, -0.1) is 0 Å². The van der Waals surface area contributed by atoms with Gasteiger partial charge in [0.1, 0.15) is 12.6 Å². The van der Waals surface area contributed by atoms with Crippen LogP contribution in [0.25, 0.3) is 0 Å². The molecule has 1 heterocycles. The van der Waals surface area contributed by atoms with E-state index < -0.39 is 18.0 Å². The lowest BCUT2D eigenvalue weighted by atomic mass is 10.1. The van der Waals surface area contributed by atoms with Crippen LogP contribution in [0.5, 0.6) is 11.5 Å². The molecule has 178 valence electrons. The minimum absolute atomic E-state index is 0.0705. The Labute approximate surface area is 201 Å². The van der Waals surface area contributed by atoms with E-state index in [-0.39, 0.29) is 13.0 Å². The van der Waals surface area contributed by atoms with Gasteiger partial charge in [0.25, 0.3) is 5.91 Å². The first-order valence-corrected chi connectivity index (χ1v) is 10.6. The zero-order chi connectivity index (χ0) is 24.3. The van der Waals surface area contributed by atoms with Crippen molar-refractivity contribution in [2.24, 2.45) is 5.10 Å². The fourth-order valence-electron chi connectivity index (χ4n) is 2.94. The Bertz CT molecular complexity index is 1120. The highest BCUT2D eigenvalue weighted by Gasteiger charge is 2.22. The average Bonchev–Trinajstić information content (AvgIpc) is 3.36. The maximum atomic E-state index is 12.8. The predicted octanol–water partition coefficient (Wildman–Crippen LogP) is 3.07. The summed E-state index contributed by atoms with van der Waals surface area (Å²) in [7, 11) is 3.00. The molecule has 0 saturated heterocycles. The number of aromatic nitrogens is 2. The predicted molar refractivity (Wildman–Crippen MR) is 126 cm³/mol. The molecule has 10 nitrogen and oxygen atoms in total. The van der Waals surface area contributed by atoms with Crippen molar-refractivity contribution in [1.82, 2.24) is 20.7 Å². The molecule has 0 spiro atoms. The zero-order valence-corrected chi connectivity index (χ0v) is 19.3. The number of H-pyrrole nitrogens is 1. The molecule has 2 aromatic carbocycles. The van der Waals surface area contributed by atoms with Crippen LogP contribution in [0.3, 0.4) is 0 Å². The number of hydrogen-bond donors (Lipinski definition) is 3. The maximum Gasteiger partial charge on any atom is 0.408 e. The van der Waals surface area contributed by atoms with Crippen LogP contribution < -0.4 is 20.2 Å². The number of halogens is 1. The maximum absolute atomic E-state index is 12.8. The number of carbonyl (C=O) groups excluding carboxylic acids is 2. The Morgan fingerprint density at radius 3 is 2.59 bits per heavy atom. The monoisotopic (exact) mass is 485 g/mol. The van der Waals surface area contributed by atoms with Crippen LogP contribution in [0.4, 0.5) is 4.79 Å². The highest BCUT2D eigenvalue weighted by Crippen LogP contribution is 2.32. The number of aromatic amines is 1. The molecule has 0 unspecified atom stereocenters. The Balaban J connectivity index is 1.65. The molecule has 2 amide bonds. The van der Waals surface area contributed by atoms with Crippen molar-refractivity contribution in [1.29, 1.82) is 0 Å². The molecule has 1 atom stereocenters. The zero-order valence-electron chi connectivity index (χ0n) is 18.6. The van der Waals surface area contributed by atoms with Gasteiger partial charge < -0.3 is 24.5 Å². The summed E-state index contributed by atoms with van der Waals surface area (Å²) in [6.07, 6.45) is 3.82. The smallest absolute Gasteiger partial charge is 0.408 e. The van der Waals surface area contributed by atoms with Gasteiger partial charge in [0.2, 0.25) is 0 Å². The number of carbonyl (C=O) groups is 2. The Morgan fingerprint density at radius 2 is 1.91 bits per heavy atom. The second-order valence-electron chi connectivity index (χ2n) is 7.00. The highest BCUT2D eigenvalue weighted by atomic mass is 35.5. The van der Waals surface area contributed by atoms with E-state index in [0.29, 0.717) is 27.8 Å². The molecule has 0 radical (unpaired) electrons. The largest absolute Gasteiger partial charge is 0.493 e. The Hall–Kier alpha value is -4.05. The third-order valence-corrected chi connectivity index (χ3v) is 5.01. The molecule has 0 saturated carbocycles. The van der Waals surface area contributed by atoms with Crippen LogP contribution in [0.2, 0.25) is 5.02 Å². The highest BCUT2D eigenvalue weighted by molar-refractivity contribution is 6.33. The fourth-order valence-corrected chi connectivity index (χ4v) is 3.15. The lowest BCUT2D eigenvalue weighted by Gasteiger charge is -2.16. The van der Waals surface area contributed by atoms with E-state index in [1.54, 1.807) is 18.3 Å². The van der Waals surface area contributed by atoms with Crippen molar-refractivity contribution >= 4 is 29.8 Å². The molecule has 11 heteroatoms. The summed E-state index contributed by atoms with van der Waals surface area (Å²) in [6.45, 7) is 0.0705. The van der Waals surface area contributed by atoms with Crippen molar-refractivity contribution in [2.45, 2.75) is 19.1 Å².